The minimum atomic E-state index is -3.01. The van der Waals surface area contributed by atoms with Crippen molar-refractivity contribution in [1.82, 2.24) is 4.90 Å². The maximum atomic E-state index is 12.4. The Balaban J connectivity index is 2.14. The van der Waals surface area contributed by atoms with Crippen molar-refractivity contribution >= 4 is 11.9 Å². The van der Waals surface area contributed by atoms with Gasteiger partial charge in [0.1, 0.15) is 6.26 Å². The molecule has 1 aromatic heterocycles. The zero-order valence-corrected chi connectivity index (χ0v) is 13.4. The van der Waals surface area contributed by atoms with Crippen LogP contribution in [0, 0.1) is 0 Å². The second-order valence-electron chi connectivity index (χ2n) is 5.03. The molecule has 1 aromatic carbocycles. The van der Waals surface area contributed by atoms with Gasteiger partial charge in [-0.1, -0.05) is 6.07 Å². The number of halogens is 2. The van der Waals surface area contributed by atoms with Crippen molar-refractivity contribution in [3.8, 4) is 11.5 Å². The third-order valence-electron chi connectivity index (χ3n) is 3.27. The minimum Gasteiger partial charge on any atom is -0.493 e. The van der Waals surface area contributed by atoms with Gasteiger partial charge in [0, 0.05) is 19.7 Å². The predicted molar refractivity (Wildman–Crippen MR) is 81.1 cm³/mol. The van der Waals surface area contributed by atoms with Crippen molar-refractivity contribution in [2.75, 3.05) is 14.2 Å². The predicted octanol–water partition coefficient (Wildman–Crippen LogP) is 2.86. The Kier molecular flexibility index (Phi) is 5.58. The third kappa shape index (κ3) is 4.46. The van der Waals surface area contributed by atoms with E-state index in [2.05, 4.69) is 4.74 Å². The molecule has 0 fully saturated rings. The Labute approximate surface area is 141 Å². The molecule has 0 aliphatic carbocycles. The van der Waals surface area contributed by atoms with Crippen LogP contribution >= 0.6 is 0 Å². The molecule has 0 spiro atoms. The Morgan fingerprint density at radius 2 is 2.00 bits per heavy atom. The zero-order chi connectivity index (χ0) is 18.6. The number of carbonyl (C=O) groups is 2. The fourth-order valence-corrected chi connectivity index (χ4v) is 2.10. The normalized spacial score (nSPS) is 10.6. The van der Waals surface area contributed by atoms with Gasteiger partial charge in [-0.2, -0.15) is 8.78 Å². The summed E-state index contributed by atoms with van der Waals surface area (Å²) >= 11 is 0. The lowest BCUT2D eigenvalue weighted by Gasteiger charge is -2.17. The van der Waals surface area contributed by atoms with Gasteiger partial charge in [0.25, 0.3) is 5.91 Å². The summed E-state index contributed by atoms with van der Waals surface area (Å²) < 4.78 is 39.2. The van der Waals surface area contributed by atoms with Crippen LogP contribution in [0.5, 0.6) is 11.5 Å². The number of carboxylic acid groups (broad SMARTS) is 1. The molecule has 0 radical (unpaired) electrons. The third-order valence-corrected chi connectivity index (χ3v) is 3.27. The van der Waals surface area contributed by atoms with Crippen molar-refractivity contribution in [3.63, 3.8) is 0 Å². The Bertz CT molecular complexity index is 774. The fraction of sp³-hybridized carbons (Fsp3) is 0.250. The van der Waals surface area contributed by atoms with Crippen molar-refractivity contribution in [2.24, 2.45) is 0 Å². The lowest BCUT2D eigenvalue weighted by Crippen LogP contribution is -2.25. The molecule has 9 heteroatoms. The van der Waals surface area contributed by atoms with Gasteiger partial charge in [-0.25, -0.2) is 4.79 Å². The average molecular weight is 355 g/mol. The van der Waals surface area contributed by atoms with Crippen LogP contribution in [0.25, 0.3) is 0 Å². The van der Waals surface area contributed by atoms with Crippen LogP contribution < -0.4 is 9.47 Å². The van der Waals surface area contributed by atoms with E-state index in [1.54, 1.807) is 6.07 Å². The van der Waals surface area contributed by atoms with Crippen molar-refractivity contribution < 1.29 is 37.4 Å². The maximum absolute atomic E-state index is 12.4. The first-order valence-electron chi connectivity index (χ1n) is 7.00. The Morgan fingerprint density at radius 3 is 2.56 bits per heavy atom. The van der Waals surface area contributed by atoms with Gasteiger partial charge in [0.05, 0.1) is 12.7 Å². The number of amides is 1. The summed E-state index contributed by atoms with van der Waals surface area (Å²) in [6, 6.07) is 5.48. The maximum Gasteiger partial charge on any atom is 0.387 e. The quantitative estimate of drug-likeness (QED) is 0.821. The SMILES string of the molecule is COc1ccc(CN(C)C(=O)c2cc(C(=O)O)co2)cc1OC(F)F. The molecule has 0 saturated heterocycles. The molecule has 1 N–H and O–H groups in total. The number of hydrogen-bond acceptors (Lipinski definition) is 5. The minimum absolute atomic E-state index is 0.0610. The van der Waals surface area contributed by atoms with E-state index >= 15 is 0 Å². The first kappa shape index (κ1) is 18.2. The first-order valence-corrected chi connectivity index (χ1v) is 7.00. The zero-order valence-electron chi connectivity index (χ0n) is 13.4. The fourth-order valence-electron chi connectivity index (χ4n) is 2.10. The van der Waals surface area contributed by atoms with E-state index in [1.807, 2.05) is 0 Å². The van der Waals surface area contributed by atoms with Gasteiger partial charge in [-0.3, -0.25) is 4.79 Å². The average Bonchev–Trinajstić information content (AvgIpc) is 3.04. The number of nitrogens with zero attached hydrogens (tertiary/aromatic N) is 1. The van der Waals surface area contributed by atoms with Crippen LogP contribution in [-0.2, 0) is 6.54 Å². The number of rotatable bonds is 7. The molecule has 0 atom stereocenters. The van der Waals surface area contributed by atoms with Gasteiger partial charge in [-0.05, 0) is 17.7 Å². The molecular formula is C16H15F2NO6. The van der Waals surface area contributed by atoms with E-state index < -0.39 is 18.5 Å². The van der Waals surface area contributed by atoms with Gasteiger partial charge >= 0.3 is 12.6 Å². The first-order chi connectivity index (χ1) is 11.8. The number of aromatic carboxylic acids is 1. The molecule has 0 saturated carbocycles. The lowest BCUT2D eigenvalue weighted by atomic mass is 10.2. The Morgan fingerprint density at radius 1 is 1.28 bits per heavy atom. The van der Waals surface area contributed by atoms with E-state index in [0.29, 0.717) is 5.56 Å². The summed E-state index contributed by atoms with van der Waals surface area (Å²) in [6.07, 6.45) is 0.964. The highest BCUT2D eigenvalue weighted by molar-refractivity contribution is 5.95. The van der Waals surface area contributed by atoms with Crippen molar-refractivity contribution in [1.29, 1.82) is 0 Å². The van der Waals surface area contributed by atoms with Crippen LogP contribution in [0.1, 0.15) is 26.5 Å². The van der Waals surface area contributed by atoms with Gasteiger partial charge in [0.2, 0.25) is 0 Å². The smallest absolute Gasteiger partial charge is 0.387 e. The highest BCUT2D eigenvalue weighted by Gasteiger charge is 2.19. The molecular weight excluding hydrogens is 340 g/mol. The number of hydrogen-bond donors (Lipinski definition) is 1. The molecule has 1 amide bonds. The lowest BCUT2D eigenvalue weighted by molar-refractivity contribution is -0.0512. The van der Waals surface area contributed by atoms with E-state index in [1.165, 1.54) is 31.2 Å². The molecule has 7 nitrogen and oxygen atoms in total. The molecule has 25 heavy (non-hydrogen) atoms. The van der Waals surface area contributed by atoms with E-state index in [9.17, 15) is 18.4 Å². The van der Waals surface area contributed by atoms with Crippen LogP contribution in [0.15, 0.2) is 34.9 Å². The summed E-state index contributed by atoms with van der Waals surface area (Å²) in [5.41, 5.74) is 0.367. The summed E-state index contributed by atoms with van der Waals surface area (Å²) in [4.78, 5) is 24.3. The number of alkyl halides is 2. The van der Waals surface area contributed by atoms with Crippen LogP contribution in [0.4, 0.5) is 8.78 Å². The monoisotopic (exact) mass is 355 g/mol. The summed E-state index contributed by atoms with van der Waals surface area (Å²) in [5, 5.41) is 8.83. The molecule has 0 aliphatic heterocycles. The second kappa shape index (κ2) is 7.65. The highest BCUT2D eigenvalue weighted by Crippen LogP contribution is 2.30. The van der Waals surface area contributed by atoms with E-state index in [0.717, 1.165) is 12.3 Å². The number of benzene rings is 1. The van der Waals surface area contributed by atoms with E-state index in [-0.39, 0.29) is 29.4 Å². The molecule has 134 valence electrons. The standard InChI is InChI=1S/C16H15F2NO6/c1-19(14(20)13-6-10(8-24-13)15(21)22)7-9-3-4-11(23-2)12(5-9)25-16(17)18/h3-6,8,16H,7H2,1-2H3,(H,21,22). The van der Waals surface area contributed by atoms with Crippen LogP contribution in [0.3, 0.4) is 0 Å². The Hall–Kier alpha value is -3.10. The summed E-state index contributed by atoms with van der Waals surface area (Å²) in [7, 11) is 2.78. The van der Waals surface area contributed by atoms with Gasteiger partial charge in [-0.15, -0.1) is 0 Å². The molecule has 0 aliphatic rings. The largest absolute Gasteiger partial charge is 0.493 e. The van der Waals surface area contributed by atoms with Gasteiger partial charge in [0.15, 0.2) is 17.3 Å². The summed E-state index contributed by atoms with van der Waals surface area (Å²) in [6.45, 7) is -2.95. The number of methoxy groups -OCH3 is 1. The molecule has 0 bridgehead atoms. The topological polar surface area (TPSA) is 89.2 Å². The van der Waals surface area contributed by atoms with Crippen LogP contribution in [0.2, 0.25) is 0 Å². The second-order valence-corrected chi connectivity index (χ2v) is 5.03. The van der Waals surface area contributed by atoms with Crippen molar-refractivity contribution in [2.45, 2.75) is 13.2 Å². The van der Waals surface area contributed by atoms with E-state index in [4.69, 9.17) is 14.3 Å². The molecule has 0 unspecified atom stereocenters. The molecule has 1 heterocycles. The number of ether oxygens (including phenoxy) is 2. The highest BCUT2D eigenvalue weighted by atomic mass is 19.3. The summed E-state index contributed by atoms with van der Waals surface area (Å²) in [5.74, 6) is -1.93. The van der Waals surface area contributed by atoms with Crippen LogP contribution in [-0.4, -0.2) is 42.7 Å². The molecule has 2 aromatic rings. The van der Waals surface area contributed by atoms with Gasteiger partial charge < -0.3 is 23.9 Å². The number of furan rings is 1. The number of carbonyl (C=O) groups excluding carboxylic acids is 1. The molecule has 2 rings (SSSR count). The van der Waals surface area contributed by atoms with Crippen molar-refractivity contribution in [3.05, 3.63) is 47.4 Å². The number of carboxylic acids is 1.